The Balaban J connectivity index is 1.60. The van der Waals surface area contributed by atoms with E-state index in [9.17, 15) is 0 Å². The number of hydrogen-bond donors (Lipinski definition) is 0. The molecule has 0 heterocycles. The molecule has 0 bridgehead atoms. The first-order valence-corrected chi connectivity index (χ1v) is 4.94. The quantitative estimate of drug-likeness (QED) is 0.540. The number of allylic oxidation sites excluding steroid dienone is 1. The molecule has 2 fully saturated rings. The van der Waals surface area contributed by atoms with Crippen LogP contribution in [-0.4, -0.2) is 0 Å². The molecular weight excluding hydrogens is 132 g/mol. The lowest BCUT2D eigenvalue weighted by Crippen LogP contribution is -1.97. The van der Waals surface area contributed by atoms with Crippen molar-refractivity contribution in [2.24, 2.45) is 23.7 Å². The molecule has 0 saturated heterocycles. The molecule has 0 N–H and O–H groups in total. The van der Waals surface area contributed by atoms with Crippen LogP contribution in [0, 0.1) is 23.7 Å². The summed E-state index contributed by atoms with van der Waals surface area (Å²) in [5.74, 6) is 4.03. The highest BCUT2D eigenvalue weighted by Gasteiger charge is 2.67. The summed E-state index contributed by atoms with van der Waals surface area (Å²) in [6.07, 6.45) is 4.27. The van der Waals surface area contributed by atoms with Gasteiger partial charge in [-0.15, -0.1) is 0 Å². The Kier molecular flexibility index (Phi) is 1.59. The topological polar surface area (TPSA) is 0 Å². The van der Waals surface area contributed by atoms with Crippen LogP contribution in [0.3, 0.4) is 0 Å². The van der Waals surface area contributed by atoms with Crippen LogP contribution in [0.4, 0.5) is 0 Å². The maximum Gasteiger partial charge on any atom is -0.01000 e. The second kappa shape index (κ2) is 2.36. The molecule has 0 aromatic carbocycles. The van der Waals surface area contributed by atoms with Gasteiger partial charge in [0, 0.05) is 0 Å². The van der Waals surface area contributed by atoms with E-state index in [1.54, 1.807) is 5.57 Å². The van der Waals surface area contributed by atoms with Gasteiger partial charge in [0.05, 0.1) is 0 Å². The van der Waals surface area contributed by atoms with Crippen LogP contribution in [-0.2, 0) is 0 Å². The molecule has 2 saturated carbocycles. The number of rotatable bonds is 4. The van der Waals surface area contributed by atoms with Crippen molar-refractivity contribution in [2.45, 2.75) is 33.1 Å². The first-order chi connectivity index (χ1) is 5.25. The molecule has 0 aromatic rings. The molecule has 2 aliphatic carbocycles. The Labute approximate surface area is 69.7 Å². The van der Waals surface area contributed by atoms with Crippen molar-refractivity contribution < 1.29 is 0 Å². The van der Waals surface area contributed by atoms with Gasteiger partial charge in [0.15, 0.2) is 0 Å². The lowest BCUT2D eigenvalue weighted by molar-refractivity contribution is 0.455. The minimum absolute atomic E-state index is 0.947. The van der Waals surface area contributed by atoms with Crippen LogP contribution in [0.25, 0.3) is 0 Å². The van der Waals surface area contributed by atoms with Gasteiger partial charge in [-0.3, -0.25) is 0 Å². The number of hydrogen-bond acceptors (Lipinski definition) is 0. The lowest BCUT2D eigenvalue weighted by atomic mass is 9.97. The summed E-state index contributed by atoms with van der Waals surface area (Å²) < 4.78 is 0. The van der Waals surface area contributed by atoms with Gasteiger partial charge >= 0.3 is 0 Å². The summed E-state index contributed by atoms with van der Waals surface area (Å²) in [4.78, 5) is 0. The highest BCUT2D eigenvalue weighted by atomic mass is 14.7. The van der Waals surface area contributed by atoms with Crippen molar-refractivity contribution in [3.63, 3.8) is 0 Å². The Morgan fingerprint density at radius 1 is 1.45 bits per heavy atom. The van der Waals surface area contributed by atoms with Gasteiger partial charge in [-0.25, -0.2) is 0 Å². The molecule has 0 heteroatoms. The van der Waals surface area contributed by atoms with Gasteiger partial charge in [-0.1, -0.05) is 38.8 Å². The standard InChI is InChI=1S/C11H18/c1-4-7(2)5-6-9-10-8(3)11(9)10/h7,9-11H,3-6H2,1-2H3. The summed E-state index contributed by atoms with van der Waals surface area (Å²) >= 11 is 0. The van der Waals surface area contributed by atoms with Crippen LogP contribution in [0.2, 0.25) is 0 Å². The molecule has 0 radical (unpaired) electrons. The highest BCUT2D eigenvalue weighted by Crippen LogP contribution is 2.73. The van der Waals surface area contributed by atoms with E-state index < -0.39 is 0 Å². The molecule has 3 atom stereocenters. The van der Waals surface area contributed by atoms with Gasteiger partial charge in [-0.05, 0) is 30.1 Å². The monoisotopic (exact) mass is 150 g/mol. The fraction of sp³-hybridized carbons (Fsp3) is 0.818. The predicted octanol–water partition coefficient (Wildman–Crippen LogP) is 3.24. The van der Waals surface area contributed by atoms with Crippen molar-refractivity contribution in [3.8, 4) is 0 Å². The van der Waals surface area contributed by atoms with Crippen LogP contribution in [0.1, 0.15) is 33.1 Å². The van der Waals surface area contributed by atoms with E-state index in [4.69, 9.17) is 0 Å². The zero-order valence-corrected chi connectivity index (χ0v) is 7.64. The van der Waals surface area contributed by atoms with Crippen LogP contribution < -0.4 is 0 Å². The van der Waals surface area contributed by atoms with E-state index in [1.807, 2.05) is 0 Å². The van der Waals surface area contributed by atoms with Gasteiger partial charge in [0.1, 0.15) is 0 Å². The van der Waals surface area contributed by atoms with Crippen molar-refractivity contribution in [2.75, 3.05) is 0 Å². The minimum atomic E-state index is 0.947. The third-order valence-corrected chi connectivity index (χ3v) is 3.61. The molecule has 2 rings (SSSR count). The first-order valence-electron chi connectivity index (χ1n) is 4.94. The summed E-state index contributed by atoms with van der Waals surface area (Å²) in [6, 6.07) is 0. The average Bonchev–Trinajstić information content (AvgIpc) is 2.87. The van der Waals surface area contributed by atoms with Crippen molar-refractivity contribution in [1.82, 2.24) is 0 Å². The second-order valence-electron chi connectivity index (χ2n) is 4.38. The molecule has 0 amide bonds. The molecule has 0 aromatic heterocycles. The van der Waals surface area contributed by atoms with E-state index >= 15 is 0 Å². The maximum absolute atomic E-state index is 3.99. The van der Waals surface area contributed by atoms with E-state index in [1.165, 1.54) is 19.3 Å². The van der Waals surface area contributed by atoms with Crippen LogP contribution in [0.15, 0.2) is 12.2 Å². The summed E-state index contributed by atoms with van der Waals surface area (Å²) in [7, 11) is 0. The fourth-order valence-corrected chi connectivity index (χ4v) is 2.21. The molecule has 62 valence electrons. The molecule has 3 unspecified atom stereocenters. The highest BCUT2D eigenvalue weighted by molar-refractivity contribution is 5.42. The van der Waals surface area contributed by atoms with Crippen LogP contribution in [0.5, 0.6) is 0 Å². The zero-order valence-electron chi connectivity index (χ0n) is 7.64. The van der Waals surface area contributed by atoms with Crippen molar-refractivity contribution in [3.05, 3.63) is 12.2 Å². The Morgan fingerprint density at radius 2 is 2.09 bits per heavy atom. The molecule has 0 nitrogen and oxygen atoms in total. The van der Waals surface area contributed by atoms with E-state index in [0.717, 1.165) is 23.7 Å². The van der Waals surface area contributed by atoms with Gasteiger partial charge in [0.25, 0.3) is 0 Å². The van der Waals surface area contributed by atoms with Crippen molar-refractivity contribution in [1.29, 1.82) is 0 Å². The third kappa shape index (κ3) is 1.13. The smallest absolute Gasteiger partial charge is 0.01000 e. The summed E-state index contributed by atoms with van der Waals surface area (Å²) in [5.41, 5.74) is 1.55. The second-order valence-corrected chi connectivity index (χ2v) is 4.38. The van der Waals surface area contributed by atoms with Crippen molar-refractivity contribution >= 4 is 0 Å². The maximum atomic E-state index is 3.99. The predicted molar refractivity (Wildman–Crippen MR) is 48.3 cm³/mol. The summed E-state index contributed by atoms with van der Waals surface area (Å²) in [6.45, 7) is 8.65. The van der Waals surface area contributed by atoms with Crippen LogP contribution >= 0.6 is 0 Å². The Hall–Kier alpha value is -0.260. The molecule has 0 aliphatic heterocycles. The van der Waals surface area contributed by atoms with Gasteiger partial charge in [-0.2, -0.15) is 0 Å². The SMILES string of the molecule is C=C1C2C(CCC(C)CC)C12. The molecular formula is C11H18. The Morgan fingerprint density at radius 3 is 2.55 bits per heavy atom. The molecule has 2 aliphatic rings. The largest absolute Gasteiger partial charge is 0.0992 e. The summed E-state index contributed by atoms with van der Waals surface area (Å²) in [5, 5.41) is 0. The molecule has 0 spiro atoms. The van der Waals surface area contributed by atoms with E-state index in [0.29, 0.717) is 0 Å². The normalized spacial score (nSPS) is 41.6. The van der Waals surface area contributed by atoms with E-state index in [-0.39, 0.29) is 0 Å². The molecule has 11 heavy (non-hydrogen) atoms. The Bertz CT molecular complexity index is 168. The third-order valence-electron chi connectivity index (χ3n) is 3.61. The lowest BCUT2D eigenvalue weighted by Gasteiger charge is -2.09. The number of fused-ring (bicyclic) bond motifs is 1. The first kappa shape index (κ1) is 7.39. The van der Waals surface area contributed by atoms with E-state index in [2.05, 4.69) is 20.4 Å². The zero-order chi connectivity index (χ0) is 8.01. The van der Waals surface area contributed by atoms with Gasteiger partial charge in [0.2, 0.25) is 0 Å². The average molecular weight is 150 g/mol. The van der Waals surface area contributed by atoms with Gasteiger partial charge < -0.3 is 0 Å². The fourth-order valence-electron chi connectivity index (χ4n) is 2.21. The minimum Gasteiger partial charge on any atom is -0.0992 e.